The molecule has 0 aromatic heterocycles. The van der Waals surface area contributed by atoms with Gasteiger partial charge in [0.2, 0.25) is 0 Å². The molecule has 2 aromatic rings. The van der Waals surface area contributed by atoms with Crippen LogP contribution in [0.5, 0.6) is 0 Å². The summed E-state index contributed by atoms with van der Waals surface area (Å²) in [6.07, 6.45) is -4.06. The van der Waals surface area contributed by atoms with Crippen molar-refractivity contribution < 1.29 is 30.8 Å². The number of hydrogen-bond donors (Lipinski definition) is 1. The van der Waals surface area contributed by atoms with Gasteiger partial charge < -0.3 is 5.32 Å². The number of sulfone groups is 1. The smallest absolute Gasteiger partial charge is 0.349 e. The quantitative estimate of drug-likeness (QED) is 0.437. The maximum absolute atomic E-state index is 13.5. The normalized spacial score (nSPS) is 19.8. The molecule has 1 fully saturated rings. The highest BCUT2D eigenvalue weighted by molar-refractivity contribution is 7.92. The van der Waals surface area contributed by atoms with E-state index in [1.165, 1.54) is 18.2 Å². The summed E-state index contributed by atoms with van der Waals surface area (Å²) in [5.74, 6) is -1.92. The van der Waals surface area contributed by atoms with Crippen LogP contribution in [0.25, 0.3) is 0 Å². The van der Waals surface area contributed by atoms with Gasteiger partial charge in [0.15, 0.2) is 9.84 Å². The maximum atomic E-state index is 13.5. The standard InChI is InChI=1S/C20H17Cl2F4NO3S/c21-16-7-1-11(9-17(16)22)19(28)27-12-2-4-13(5-3-12)31(29,30)14-6-8-18(23)15(10-14)20(24,25)26/h1,6-10,12-13H,2-5H2,(H,27,28). The second-order valence-corrected chi connectivity index (χ2v) is 10.3. The Hall–Kier alpha value is -1.84. The van der Waals surface area contributed by atoms with Gasteiger partial charge in [-0.05, 0) is 62.1 Å². The number of carbonyl (C=O) groups is 1. The summed E-state index contributed by atoms with van der Waals surface area (Å²) in [5.41, 5.74) is -1.31. The van der Waals surface area contributed by atoms with E-state index in [0.717, 1.165) is 6.07 Å². The Kier molecular flexibility index (Phi) is 6.88. The molecular weight excluding hydrogens is 481 g/mol. The molecule has 3 rings (SSSR count). The van der Waals surface area contributed by atoms with E-state index in [1.54, 1.807) is 0 Å². The molecule has 0 saturated heterocycles. The number of alkyl halides is 3. The average Bonchev–Trinajstić information content (AvgIpc) is 2.69. The van der Waals surface area contributed by atoms with Gasteiger partial charge in [-0.25, -0.2) is 12.8 Å². The number of rotatable bonds is 4. The van der Waals surface area contributed by atoms with Crippen molar-refractivity contribution in [3.8, 4) is 0 Å². The van der Waals surface area contributed by atoms with Crippen molar-refractivity contribution in [3.63, 3.8) is 0 Å². The van der Waals surface area contributed by atoms with E-state index in [0.29, 0.717) is 35.6 Å². The highest BCUT2D eigenvalue weighted by atomic mass is 35.5. The molecule has 11 heteroatoms. The Morgan fingerprint density at radius 2 is 1.61 bits per heavy atom. The zero-order valence-corrected chi connectivity index (χ0v) is 18.2. The number of amides is 1. The highest BCUT2D eigenvalue weighted by Gasteiger charge is 2.38. The lowest BCUT2D eigenvalue weighted by Gasteiger charge is -2.29. The molecule has 0 spiro atoms. The second-order valence-electron chi connectivity index (χ2n) is 7.26. The molecule has 2 aromatic carbocycles. The van der Waals surface area contributed by atoms with E-state index < -0.39 is 43.4 Å². The molecule has 1 amide bonds. The third kappa shape index (κ3) is 5.32. The van der Waals surface area contributed by atoms with Gasteiger partial charge in [0.25, 0.3) is 5.91 Å². The molecule has 1 aliphatic rings. The minimum absolute atomic E-state index is 0.146. The first-order valence-electron chi connectivity index (χ1n) is 9.26. The lowest BCUT2D eigenvalue weighted by atomic mass is 9.94. The van der Waals surface area contributed by atoms with Crippen LogP contribution in [0.4, 0.5) is 17.6 Å². The van der Waals surface area contributed by atoms with E-state index in [9.17, 15) is 30.8 Å². The second kappa shape index (κ2) is 8.96. The number of carbonyl (C=O) groups excluding carboxylic acids is 1. The summed E-state index contributed by atoms with van der Waals surface area (Å²) in [6.45, 7) is 0. The van der Waals surface area contributed by atoms with Gasteiger partial charge >= 0.3 is 6.18 Å². The van der Waals surface area contributed by atoms with Crippen LogP contribution in [-0.2, 0) is 16.0 Å². The molecule has 168 valence electrons. The third-order valence-electron chi connectivity index (χ3n) is 5.20. The summed E-state index contributed by atoms with van der Waals surface area (Å²) in [7, 11) is -4.09. The first-order valence-corrected chi connectivity index (χ1v) is 11.6. The summed E-state index contributed by atoms with van der Waals surface area (Å²) in [6, 6.07) is 5.81. The lowest BCUT2D eigenvalue weighted by molar-refractivity contribution is -0.140. The van der Waals surface area contributed by atoms with E-state index in [2.05, 4.69) is 5.32 Å². The number of nitrogens with one attached hydrogen (secondary N) is 1. The topological polar surface area (TPSA) is 63.2 Å². The fourth-order valence-corrected chi connectivity index (χ4v) is 5.63. The Bertz CT molecular complexity index is 1100. The monoisotopic (exact) mass is 497 g/mol. The summed E-state index contributed by atoms with van der Waals surface area (Å²) >= 11 is 11.7. The van der Waals surface area contributed by atoms with Crippen molar-refractivity contribution in [2.75, 3.05) is 0 Å². The van der Waals surface area contributed by atoms with Gasteiger partial charge in [-0.15, -0.1) is 0 Å². The highest BCUT2D eigenvalue weighted by Crippen LogP contribution is 2.35. The first kappa shape index (κ1) is 23.8. The molecule has 1 N–H and O–H groups in total. The van der Waals surface area contributed by atoms with Crippen LogP contribution in [0.15, 0.2) is 41.3 Å². The molecule has 0 radical (unpaired) electrons. The number of benzene rings is 2. The predicted molar refractivity (Wildman–Crippen MR) is 109 cm³/mol. The van der Waals surface area contributed by atoms with Crippen LogP contribution < -0.4 is 5.32 Å². The summed E-state index contributed by atoms with van der Waals surface area (Å²) < 4.78 is 77.9. The number of halogens is 6. The molecule has 1 saturated carbocycles. The summed E-state index contributed by atoms with van der Waals surface area (Å²) in [4.78, 5) is 11.8. The van der Waals surface area contributed by atoms with Gasteiger partial charge in [0, 0.05) is 11.6 Å². The Morgan fingerprint density at radius 3 is 2.19 bits per heavy atom. The molecular formula is C20H17Cl2F4NO3S. The van der Waals surface area contributed by atoms with Crippen molar-refractivity contribution in [2.45, 2.75) is 48.0 Å². The SMILES string of the molecule is O=C(NC1CCC(S(=O)(=O)c2ccc(F)c(C(F)(F)F)c2)CC1)c1ccc(Cl)c(Cl)c1. The fourth-order valence-electron chi connectivity index (χ4n) is 3.51. The number of hydrogen-bond acceptors (Lipinski definition) is 3. The molecule has 1 aliphatic carbocycles. The minimum atomic E-state index is -5.00. The van der Waals surface area contributed by atoms with E-state index >= 15 is 0 Å². The van der Waals surface area contributed by atoms with Crippen molar-refractivity contribution in [2.24, 2.45) is 0 Å². The molecule has 31 heavy (non-hydrogen) atoms. The van der Waals surface area contributed by atoms with Crippen molar-refractivity contribution in [1.82, 2.24) is 5.32 Å². The molecule has 0 heterocycles. The molecule has 0 atom stereocenters. The predicted octanol–water partition coefficient (Wildman–Crippen LogP) is 5.67. The zero-order valence-electron chi connectivity index (χ0n) is 15.8. The Balaban J connectivity index is 1.67. The first-order chi connectivity index (χ1) is 14.4. The van der Waals surface area contributed by atoms with E-state index in [1.807, 2.05) is 0 Å². The van der Waals surface area contributed by atoms with Gasteiger partial charge in [0.1, 0.15) is 5.82 Å². The van der Waals surface area contributed by atoms with Gasteiger partial charge in [-0.2, -0.15) is 13.2 Å². The Morgan fingerprint density at radius 1 is 0.968 bits per heavy atom. The van der Waals surface area contributed by atoms with Crippen LogP contribution >= 0.6 is 23.2 Å². The Labute approximate surface area is 186 Å². The largest absolute Gasteiger partial charge is 0.419 e. The minimum Gasteiger partial charge on any atom is -0.349 e. The molecule has 4 nitrogen and oxygen atoms in total. The van der Waals surface area contributed by atoms with Gasteiger partial charge in [-0.3, -0.25) is 4.79 Å². The van der Waals surface area contributed by atoms with Crippen molar-refractivity contribution in [3.05, 3.63) is 63.4 Å². The fraction of sp³-hybridized carbons (Fsp3) is 0.350. The molecule has 0 aliphatic heterocycles. The zero-order chi connectivity index (χ0) is 23.0. The molecule has 0 bridgehead atoms. The van der Waals surface area contributed by atoms with E-state index in [-0.39, 0.29) is 23.9 Å². The van der Waals surface area contributed by atoms with Crippen LogP contribution in [0, 0.1) is 5.82 Å². The maximum Gasteiger partial charge on any atom is 0.419 e. The van der Waals surface area contributed by atoms with E-state index in [4.69, 9.17) is 23.2 Å². The van der Waals surface area contributed by atoms with Crippen molar-refractivity contribution in [1.29, 1.82) is 0 Å². The van der Waals surface area contributed by atoms with Crippen LogP contribution in [0.2, 0.25) is 10.0 Å². The average molecular weight is 498 g/mol. The lowest BCUT2D eigenvalue weighted by Crippen LogP contribution is -2.40. The van der Waals surface area contributed by atoms with Crippen molar-refractivity contribution >= 4 is 38.9 Å². The van der Waals surface area contributed by atoms with Gasteiger partial charge in [-0.1, -0.05) is 23.2 Å². The van der Waals surface area contributed by atoms with Crippen LogP contribution in [0.3, 0.4) is 0 Å². The van der Waals surface area contributed by atoms with Gasteiger partial charge in [0.05, 0.1) is 25.8 Å². The van der Waals surface area contributed by atoms with Crippen LogP contribution in [-0.4, -0.2) is 25.6 Å². The molecule has 0 unspecified atom stereocenters. The van der Waals surface area contributed by atoms with Crippen LogP contribution in [0.1, 0.15) is 41.6 Å². The third-order valence-corrected chi connectivity index (χ3v) is 8.20. The summed E-state index contributed by atoms with van der Waals surface area (Å²) in [5, 5.41) is 2.40.